The number of methoxy groups -OCH3 is 1. The number of benzene rings is 2. The number of halogens is 2. The van der Waals surface area contributed by atoms with Crippen molar-refractivity contribution in [2.24, 2.45) is 0 Å². The van der Waals surface area contributed by atoms with Crippen LogP contribution in [0.2, 0.25) is 5.02 Å². The van der Waals surface area contributed by atoms with E-state index in [1.807, 2.05) is 13.8 Å². The Bertz CT molecular complexity index is 1470. The van der Waals surface area contributed by atoms with Gasteiger partial charge >= 0.3 is 5.97 Å². The quantitative estimate of drug-likeness (QED) is 0.427. The van der Waals surface area contributed by atoms with E-state index in [1.165, 1.54) is 29.0 Å². The summed E-state index contributed by atoms with van der Waals surface area (Å²) in [7, 11) is 1.62. The summed E-state index contributed by atoms with van der Waals surface area (Å²) in [6.45, 7) is 4.80. The van der Waals surface area contributed by atoms with Crippen molar-refractivity contribution in [1.29, 1.82) is 0 Å². The Kier molecular flexibility index (Phi) is 6.37. The zero-order valence-electron chi connectivity index (χ0n) is 20.5. The lowest BCUT2D eigenvalue weighted by Crippen LogP contribution is -2.28. The number of carboxylic acids is 1. The predicted molar refractivity (Wildman–Crippen MR) is 134 cm³/mol. The number of aromatic carboxylic acids is 1. The smallest absolute Gasteiger partial charge is 0.341 e. The Morgan fingerprint density at radius 3 is 2.76 bits per heavy atom. The van der Waals surface area contributed by atoms with Crippen LogP contribution < -0.4 is 19.6 Å². The lowest BCUT2D eigenvalue weighted by Gasteiger charge is -2.33. The largest absolute Gasteiger partial charge is 0.489 e. The van der Waals surface area contributed by atoms with Crippen LogP contribution in [0.3, 0.4) is 0 Å². The van der Waals surface area contributed by atoms with Gasteiger partial charge in [-0.1, -0.05) is 11.6 Å². The van der Waals surface area contributed by atoms with Gasteiger partial charge in [-0.15, -0.1) is 0 Å². The van der Waals surface area contributed by atoms with Gasteiger partial charge in [0.15, 0.2) is 16.9 Å². The number of rotatable bonds is 7. The molecule has 0 spiro atoms. The van der Waals surface area contributed by atoms with Gasteiger partial charge in [-0.25, -0.2) is 9.18 Å². The number of nitrogens with zero attached hydrogens (tertiary/aromatic N) is 1. The molecule has 1 unspecified atom stereocenters. The van der Waals surface area contributed by atoms with Gasteiger partial charge < -0.3 is 28.6 Å². The Hall–Kier alpha value is -3.56. The van der Waals surface area contributed by atoms with Gasteiger partial charge in [0, 0.05) is 61.6 Å². The zero-order chi connectivity index (χ0) is 26.5. The van der Waals surface area contributed by atoms with E-state index in [1.54, 1.807) is 13.2 Å². The van der Waals surface area contributed by atoms with Crippen molar-refractivity contribution in [3.05, 3.63) is 74.3 Å². The number of carbonyl (C=O) groups is 1. The first kappa shape index (κ1) is 25.1. The highest BCUT2D eigenvalue weighted by atomic mass is 35.5. The molecule has 194 valence electrons. The number of aromatic nitrogens is 1. The molecule has 0 fully saturated rings. The maximum absolute atomic E-state index is 13.8. The third-order valence-corrected chi connectivity index (χ3v) is 6.65. The first-order chi connectivity index (χ1) is 17.6. The molecule has 1 N–H and O–H groups in total. The monoisotopic (exact) mass is 529 g/mol. The number of hydrogen-bond donors (Lipinski definition) is 1. The van der Waals surface area contributed by atoms with Gasteiger partial charge in [0.2, 0.25) is 6.23 Å². The highest BCUT2D eigenvalue weighted by Gasteiger charge is 2.40. The summed E-state index contributed by atoms with van der Waals surface area (Å²) in [5.74, 6) is -0.457. The van der Waals surface area contributed by atoms with Crippen molar-refractivity contribution in [3.8, 4) is 28.5 Å². The molecule has 0 saturated carbocycles. The van der Waals surface area contributed by atoms with Crippen LogP contribution in [0.5, 0.6) is 17.2 Å². The van der Waals surface area contributed by atoms with Crippen LogP contribution in [0.25, 0.3) is 11.3 Å². The van der Waals surface area contributed by atoms with Gasteiger partial charge in [-0.3, -0.25) is 4.79 Å². The second kappa shape index (κ2) is 9.39. The number of pyridine rings is 1. The molecule has 2 aliphatic heterocycles. The molecule has 5 rings (SSSR count). The van der Waals surface area contributed by atoms with Crippen molar-refractivity contribution in [3.63, 3.8) is 0 Å². The van der Waals surface area contributed by atoms with Crippen LogP contribution >= 0.6 is 11.6 Å². The minimum Gasteiger partial charge on any atom is -0.489 e. The molecule has 0 amide bonds. The summed E-state index contributed by atoms with van der Waals surface area (Å²) in [5, 5.41) is 9.71. The molecule has 37 heavy (non-hydrogen) atoms. The molecule has 3 aromatic rings. The van der Waals surface area contributed by atoms with Crippen LogP contribution in [0, 0.1) is 5.82 Å². The summed E-state index contributed by atoms with van der Waals surface area (Å²) in [4.78, 5) is 24.6. The fourth-order valence-electron chi connectivity index (χ4n) is 4.75. The molecule has 10 heteroatoms. The number of ether oxygens (including phenoxy) is 4. The SMILES string of the molecule is COCCCOc1cc2c(c3c1OC(C)(C)C3)-c1cc(=O)c(C(=O)O)cn1C(c1ccc(F)cc1Cl)O2. The van der Waals surface area contributed by atoms with E-state index in [-0.39, 0.29) is 5.02 Å². The Morgan fingerprint density at radius 2 is 2.05 bits per heavy atom. The van der Waals surface area contributed by atoms with Crippen LogP contribution in [-0.2, 0) is 11.2 Å². The highest BCUT2D eigenvalue weighted by molar-refractivity contribution is 6.31. The molecule has 1 atom stereocenters. The molecule has 3 heterocycles. The van der Waals surface area contributed by atoms with Gasteiger partial charge in [0.05, 0.1) is 17.3 Å². The van der Waals surface area contributed by atoms with E-state index >= 15 is 0 Å². The van der Waals surface area contributed by atoms with Gasteiger partial charge in [-0.05, 0) is 32.0 Å². The molecule has 2 aliphatic rings. The van der Waals surface area contributed by atoms with Gasteiger partial charge in [0.1, 0.15) is 22.7 Å². The van der Waals surface area contributed by atoms with Gasteiger partial charge in [0.25, 0.3) is 0 Å². The molecule has 0 bridgehead atoms. The van der Waals surface area contributed by atoms with Crippen LogP contribution in [-0.4, -0.2) is 41.6 Å². The molecular weight excluding hydrogens is 505 g/mol. The first-order valence-electron chi connectivity index (χ1n) is 11.7. The number of carboxylic acid groups (broad SMARTS) is 1. The zero-order valence-corrected chi connectivity index (χ0v) is 21.2. The maximum Gasteiger partial charge on any atom is 0.341 e. The first-order valence-corrected chi connectivity index (χ1v) is 12.1. The molecule has 0 aliphatic carbocycles. The molecular formula is C27H25ClFNO7. The summed E-state index contributed by atoms with van der Waals surface area (Å²) >= 11 is 6.38. The third-order valence-electron chi connectivity index (χ3n) is 6.33. The molecule has 0 radical (unpaired) electrons. The van der Waals surface area contributed by atoms with Crippen molar-refractivity contribution in [2.45, 2.75) is 38.5 Å². The summed E-state index contributed by atoms with van der Waals surface area (Å²) in [6, 6.07) is 6.84. The van der Waals surface area contributed by atoms with Crippen LogP contribution in [0.4, 0.5) is 4.39 Å². The highest BCUT2D eigenvalue weighted by Crippen LogP contribution is 2.54. The normalized spacial score (nSPS) is 16.7. The average molecular weight is 530 g/mol. The third kappa shape index (κ3) is 4.53. The maximum atomic E-state index is 13.8. The average Bonchev–Trinajstić information content (AvgIpc) is 3.15. The van der Waals surface area contributed by atoms with E-state index in [2.05, 4.69) is 0 Å². The lowest BCUT2D eigenvalue weighted by atomic mass is 9.93. The van der Waals surface area contributed by atoms with Crippen molar-refractivity contribution < 1.29 is 33.2 Å². The molecule has 2 aromatic carbocycles. The summed E-state index contributed by atoms with van der Waals surface area (Å²) < 4.78 is 39.2. The minimum atomic E-state index is -1.37. The van der Waals surface area contributed by atoms with Crippen molar-refractivity contribution in [2.75, 3.05) is 20.3 Å². The summed E-state index contributed by atoms with van der Waals surface area (Å²) in [6.07, 6.45) is 1.43. The van der Waals surface area contributed by atoms with E-state index in [0.29, 0.717) is 60.1 Å². The minimum absolute atomic E-state index is 0.0941. The van der Waals surface area contributed by atoms with Crippen LogP contribution in [0.1, 0.15) is 48.0 Å². The Labute approximate surface area is 217 Å². The van der Waals surface area contributed by atoms with Gasteiger partial charge in [-0.2, -0.15) is 0 Å². The van der Waals surface area contributed by atoms with Crippen LogP contribution in [0.15, 0.2) is 41.3 Å². The molecule has 8 nitrogen and oxygen atoms in total. The van der Waals surface area contributed by atoms with E-state index in [4.69, 9.17) is 30.5 Å². The summed E-state index contributed by atoms with van der Waals surface area (Å²) in [5.41, 5.74) is 0.593. The standard InChI is InChI=1S/C27H25ClFNO7/c1-27(2)12-16-23-19-10-20(31)17(26(32)33)13-30(19)25(15-6-5-14(29)9-18(15)28)36-21(23)11-22(24(16)37-27)35-8-4-7-34-3/h5-6,9-11,13,25H,4,7-8,12H2,1-3H3,(H,32,33). The number of fused-ring (bicyclic) bond motifs is 5. The fourth-order valence-corrected chi connectivity index (χ4v) is 5.01. The van der Waals surface area contributed by atoms with Crippen molar-refractivity contribution in [1.82, 2.24) is 4.57 Å². The second-order valence-electron chi connectivity index (χ2n) is 9.57. The van der Waals surface area contributed by atoms with E-state index < -0.39 is 34.6 Å². The number of hydrogen-bond acceptors (Lipinski definition) is 6. The lowest BCUT2D eigenvalue weighted by molar-refractivity contribution is 0.0693. The topological polar surface area (TPSA) is 96.2 Å². The molecule has 1 aromatic heterocycles. The van der Waals surface area contributed by atoms with Crippen molar-refractivity contribution >= 4 is 17.6 Å². The predicted octanol–water partition coefficient (Wildman–Crippen LogP) is 5.07. The second-order valence-corrected chi connectivity index (χ2v) is 9.98. The molecule has 0 saturated heterocycles. The Morgan fingerprint density at radius 1 is 1.27 bits per heavy atom. The Balaban J connectivity index is 1.73. The van der Waals surface area contributed by atoms with E-state index in [0.717, 1.165) is 11.6 Å². The fraction of sp³-hybridized carbons (Fsp3) is 0.333. The van der Waals surface area contributed by atoms with E-state index in [9.17, 15) is 19.1 Å².